The Morgan fingerprint density at radius 1 is 1.50 bits per heavy atom. The lowest BCUT2D eigenvalue weighted by atomic mass is 10.1. The van der Waals surface area contributed by atoms with Gasteiger partial charge in [-0.2, -0.15) is 5.26 Å². The lowest BCUT2D eigenvalue weighted by Gasteiger charge is -2.19. The molecule has 0 aliphatic rings. The maximum absolute atomic E-state index is 11.8. The fourth-order valence-corrected chi connectivity index (χ4v) is 1.36. The molecule has 0 radical (unpaired) electrons. The van der Waals surface area contributed by atoms with Crippen molar-refractivity contribution in [1.29, 1.82) is 5.26 Å². The van der Waals surface area contributed by atoms with Crippen LogP contribution in [0.2, 0.25) is 0 Å². The van der Waals surface area contributed by atoms with Gasteiger partial charge in [0.15, 0.2) is 0 Å². The third-order valence-corrected chi connectivity index (χ3v) is 2.43. The molecule has 0 aliphatic heterocycles. The number of rotatable bonds is 3. The first-order valence-electron chi connectivity index (χ1n) is 5.06. The van der Waals surface area contributed by atoms with E-state index in [4.69, 9.17) is 10.4 Å². The molecular weight excluding hydrogens is 204 g/mol. The Morgan fingerprint density at radius 3 is 2.50 bits per heavy atom. The van der Waals surface area contributed by atoms with Crippen LogP contribution in [0.25, 0.3) is 0 Å². The number of carbonyl (C=O) groups excluding carboxylic acids is 1. The molecule has 0 saturated heterocycles. The van der Waals surface area contributed by atoms with Gasteiger partial charge in [-0.05, 0) is 30.7 Å². The number of phenolic OH excluding ortho intramolecular Hbond substituents is 1. The van der Waals surface area contributed by atoms with Crippen molar-refractivity contribution in [3.8, 4) is 11.8 Å². The average molecular weight is 218 g/mol. The number of nitrogens with zero attached hydrogens (tertiary/aromatic N) is 2. The predicted molar refractivity (Wildman–Crippen MR) is 60.9 cm³/mol. The summed E-state index contributed by atoms with van der Waals surface area (Å²) in [4.78, 5) is 13.3. The molecule has 16 heavy (non-hydrogen) atoms. The van der Waals surface area contributed by atoms with Gasteiger partial charge >= 0.3 is 0 Å². The first-order valence-corrected chi connectivity index (χ1v) is 5.06. The maximum Gasteiger partial charge on any atom is 0.244 e. The zero-order valence-electron chi connectivity index (χ0n) is 9.34. The van der Waals surface area contributed by atoms with Gasteiger partial charge in [-0.1, -0.05) is 6.92 Å². The average Bonchev–Trinajstić information content (AvgIpc) is 2.30. The van der Waals surface area contributed by atoms with E-state index in [9.17, 15) is 4.79 Å². The number of nitriles is 1. The second kappa shape index (κ2) is 5.17. The Bertz CT molecular complexity index is 406. The van der Waals surface area contributed by atoms with Crippen LogP contribution in [0.4, 0.5) is 5.69 Å². The summed E-state index contributed by atoms with van der Waals surface area (Å²) in [5.41, 5.74) is 0.663. The van der Waals surface area contributed by atoms with E-state index in [0.29, 0.717) is 12.1 Å². The molecule has 0 heterocycles. The fraction of sp³-hybridized carbons (Fsp3) is 0.333. The number of hydrogen-bond acceptors (Lipinski definition) is 3. The van der Waals surface area contributed by atoms with E-state index in [0.717, 1.165) is 0 Å². The molecule has 0 bridgehead atoms. The van der Waals surface area contributed by atoms with Crippen molar-refractivity contribution >= 4 is 11.6 Å². The minimum Gasteiger partial charge on any atom is -0.508 e. The number of anilines is 1. The number of benzene rings is 1. The number of aromatic hydroxyl groups is 1. The van der Waals surface area contributed by atoms with Crippen molar-refractivity contribution in [3.63, 3.8) is 0 Å². The molecule has 1 N–H and O–H groups in total. The van der Waals surface area contributed by atoms with Crippen LogP contribution in [0.1, 0.15) is 13.3 Å². The molecule has 1 unspecified atom stereocenters. The molecule has 0 saturated carbocycles. The van der Waals surface area contributed by atoms with Crippen molar-refractivity contribution in [2.45, 2.75) is 13.3 Å². The van der Waals surface area contributed by atoms with Gasteiger partial charge in [0, 0.05) is 12.7 Å². The van der Waals surface area contributed by atoms with Gasteiger partial charge in [0.1, 0.15) is 11.7 Å². The van der Waals surface area contributed by atoms with Crippen LogP contribution < -0.4 is 4.90 Å². The van der Waals surface area contributed by atoms with Crippen molar-refractivity contribution in [1.82, 2.24) is 0 Å². The summed E-state index contributed by atoms with van der Waals surface area (Å²) >= 11 is 0. The number of hydrogen-bond donors (Lipinski definition) is 1. The van der Waals surface area contributed by atoms with Crippen molar-refractivity contribution in [2.24, 2.45) is 5.92 Å². The van der Waals surface area contributed by atoms with E-state index in [2.05, 4.69) is 0 Å². The van der Waals surface area contributed by atoms with Gasteiger partial charge < -0.3 is 10.0 Å². The molecule has 84 valence electrons. The van der Waals surface area contributed by atoms with Crippen molar-refractivity contribution in [2.75, 3.05) is 11.9 Å². The highest BCUT2D eigenvalue weighted by molar-refractivity contribution is 5.95. The Labute approximate surface area is 94.7 Å². The maximum atomic E-state index is 11.8. The largest absolute Gasteiger partial charge is 0.508 e. The summed E-state index contributed by atoms with van der Waals surface area (Å²) in [6.07, 6.45) is 0.498. The van der Waals surface area contributed by atoms with E-state index in [-0.39, 0.29) is 11.7 Å². The number of amides is 1. The van der Waals surface area contributed by atoms with Gasteiger partial charge in [0.25, 0.3) is 0 Å². The van der Waals surface area contributed by atoms with Crippen LogP contribution in [0, 0.1) is 17.2 Å². The molecule has 0 aromatic heterocycles. The molecule has 0 spiro atoms. The zero-order valence-corrected chi connectivity index (χ0v) is 9.34. The topological polar surface area (TPSA) is 64.3 Å². The predicted octanol–water partition coefficient (Wildman–Crippen LogP) is 1.90. The van der Waals surface area contributed by atoms with Crippen LogP contribution in [0.5, 0.6) is 5.75 Å². The van der Waals surface area contributed by atoms with Gasteiger partial charge in [-0.15, -0.1) is 0 Å². The number of carbonyl (C=O) groups is 1. The van der Waals surface area contributed by atoms with Gasteiger partial charge in [0.05, 0.1) is 6.07 Å². The summed E-state index contributed by atoms with van der Waals surface area (Å²) in [7, 11) is 1.62. The molecule has 1 atom stereocenters. The molecule has 0 aliphatic carbocycles. The van der Waals surface area contributed by atoms with E-state index in [1.54, 1.807) is 26.1 Å². The van der Waals surface area contributed by atoms with E-state index in [1.165, 1.54) is 17.0 Å². The highest BCUT2D eigenvalue weighted by Gasteiger charge is 2.20. The SMILES string of the molecule is CCC(C#N)C(=O)N(C)c1ccc(O)cc1. The summed E-state index contributed by atoms with van der Waals surface area (Å²) in [5, 5.41) is 17.9. The smallest absolute Gasteiger partial charge is 0.244 e. The van der Waals surface area contributed by atoms with Crippen LogP contribution in [-0.4, -0.2) is 18.1 Å². The zero-order chi connectivity index (χ0) is 12.1. The van der Waals surface area contributed by atoms with Gasteiger partial charge in [-0.25, -0.2) is 0 Å². The van der Waals surface area contributed by atoms with Crippen molar-refractivity contribution < 1.29 is 9.90 Å². The Kier molecular flexibility index (Phi) is 3.90. The van der Waals surface area contributed by atoms with Crippen LogP contribution in [-0.2, 0) is 4.79 Å². The van der Waals surface area contributed by atoms with E-state index >= 15 is 0 Å². The highest BCUT2D eigenvalue weighted by atomic mass is 16.3. The molecule has 4 nitrogen and oxygen atoms in total. The van der Waals surface area contributed by atoms with E-state index in [1.807, 2.05) is 6.07 Å². The molecule has 1 aromatic rings. The minimum absolute atomic E-state index is 0.150. The fourth-order valence-electron chi connectivity index (χ4n) is 1.36. The standard InChI is InChI=1S/C12H14N2O2/c1-3-9(8-13)12(16)14(2)10-4-6-11(15)7-5-10/h4-7,9,15H,3H2,1-2H3. The molecule has 1 rings (SSSR count). The molecular formula is C12H14N2O2. The van der Waals surface area contributed by atoms with Gasteiger partial charge in [0.2, 0.25) is 5.91 Å². The molecule has 4 heteroatoms. The van der Waals surface area contributed by atoms with Crippen LogP contribution in [0.3, 0.4) is 0 Å². The molecule has 1 aromatic carbocycles. The second-order valence-corrected chi connectivity index (χ2v) is 3.50. The lowest BCUT2D eigenvalue weighted by molar-refractivity contribution is -0.120. The van der Waals surface area contributed by atoms with Gasteiger partial charge in [-0.3, -0.25) is 4.79 Å². The summed E-state index contributed by atoms with van der Waals surface area (Å²) < 4.78 is 0. The minimum atomic E-state index is -0.612. The van der Waals surface area contributed by atoms with Crippen LogP contribution >= 0.6 is 0 Å². The Balaban J connectivity index is 2.86. The third-order valence-electron chi connectivity index (χ3n) is 2.43. The van der Waals surface area contributed by atoms with Crippen molar-refractivity contribution in [3.05, 3.63) is 24.3 Å². The summed E-state index contributed by atoms with van der Waals surface area (Å²) in [6.45, 7) is 1.80. The Morgan fingerprint density at radius 2 is 2.06 bits per heavy atom. The first kappa shape index (κ1) is 12.1. The summed E-state index contributed by atoms with van der Waals surface area (Å²) in [6, 6.07) is 8.26. The highest BCUT2D eigenvalue weighted by Crippen LogP contribution is 2.19. The molecule has 0 fully saturated rings. The second-order valence-electron chi connectivity index (χ2n) is 3.50. The lowest BCUT2D eigenvalue weighted by Crippen LogP contribution is -2.31. The third kappa shape index (κ3) is 2.51. The molecule has 1 amide bonds. The normalized spacial score (nSPS) is 11.6. The van der Waals surface area contributed by atoms with Crippen LogP contribution in [0.15, 0.2) is 24.3 Å². The monoisotopic (exact) mass is 218 g/mol. The quantitative estimate of drug-likeness (QED) is 0.842. The van der Waals surface area contributed by atoms with E-state index < -0.39 is 5.92 Å². The Hall–Kier alpha value is -2.02. The number of phenols is 1. The summed E-state index contributed by atoms with van der Waals surface area (Å²) in [5.74, 6) is -0.689. The first-order chi connectivity index (χ1) is 7.60.